The highest BCUT2D eigenvalue weighted by molar-refractivity contribution is 6.35. The van der Waals surface area contributed by atoms with Gasteiger partial charge in [0.05, 0.1) is 0 Å². The number of carbonyl (C=O) groups is 1. The van der Waals surface area contributed by atoms with Crippen molar-refractivity contribution in [1.82, 2.24) is 4.98 Å². The first-order chi connectivity index (χ1) is 10.6. The first-order valence-corrected chi connectivity index (χ1v) is 6.85. The lowest BCUT2D eigenvalue weighted by Crippen LogP contribution is -2.03. The largest absolute Gasteiger partial charge is 0.508 e. The smallest absolute Gasteiger partial charge is 0.256 e. The lowest BCUT2D eigenvalue weighted by molar-refractivity contribution is -0.110. The number of nitrogens with one attached hydrogen (secondary N) is 2. The number of carbonyl (C=O) groups excluding carboxylic acids is 1. The van der Waals surface area contributed by atoms with Gasteiger partial charge in [-0.05, 0) is 42.5 Å². The Morgan fingerprint density at radius 3 is 2.86 bits per heavy atom. The molecule has 0 saturated carbocycles. The molecule has 0 spiro atoms. The molecule has 0 fully saturated rings. The fourth-order valence-electron chi connectivity index (χ4n) is 2.75. The molecule has 108 valence electrons. The predicted octanol–water partition coefficient (Wildman–Crippen LogP) is 2.95. The van der Waals surface area contributed by atoms with Crippen molar-refractivity contribution < 1.29 is 9.90 Å². The highest BCUT2D eigenvalue weighted by Crippen LogP contribution is 2.36. The minimum atomic E-state index is -0.182. The summed E-state index contributed by atoms with van der Waals surface area (Å²) in [5.74, 6) is -0.0526. The van der Waals surface area contributed by atoms with Gasteiger partial charge < -0.3 is 21.1 Å². The predicted molar refractivity (Wildman–Crippen MR) is 87.3 cm³/mol. The molecule has 0 bridgehead atoms. The van der Waals surface area contributed by atoms with E-state index in [9.17, 15) is 9.90 Å². The minimum absolute atomic E-state index is 0.129. The molecule has 1 aliphatic heterocycles. The molecule has 4 rings (SSSR count). The lowest BCUT2D eigenvalue weighted by Gasteiger charge is -2.00. The number of phenolic OH excluding ortho intramolecular Hbond substituents is 1. The van der Waals surface area contributed by atoms with Crippen molar-refractivity contribution >= 4 is 39.8 Å². The molecule has 3 aromatic rings. The van der Waals surface area contributed by atoms with E-state index >= 15 is 0 Å². The van der Waals surface area contributed by atoms with E-state index in [0.717, 1.165) is 16.5 Å². The van der Waals surface area contributed by atoms with E-state index in [2.05, 4.69) is 10.3 Å². The summed E-state index contributed by atoms with van der Waals surface area (Å²) in [5.41, 5.74) is 10.3. The van der Waals surface area contributed by atoms with Gasteiger partial charge in [0.1, 0.15) is 5.75 Å². The number of amides is 1. The summed E-state index contributed by atoms with van der Waals surface area (Å²) in [6.45, 7) is 0. The molecular formula is C17H13N3O2. The number of H-pyrrole nitrogens is 1. The van der Waals surface area contributed by atoms with Crippen LogP contribution in [-0.2, 0) is 4.79 Å². The zero-order valence-corrected chi connectivity index (χ0v) is 11.6. The fourth-order valence-corrected chi connectivity index (χ4v) is 2.75. The summed E-state index contributed by atoms with van der Waals surface area (Å²) in [6.07, 6.45) is 3.64. The van der Waals surface area contributed by atoms with E-state index in [4.69, 9.17) is 5.73 Å². The first kappa shape index (κ1) is 12.5. The molecule has 5 N–H and O–H groups in total. The van der Waals surface area contributed by atoms with Crippen LogP contribution in [0.15, 0.2) is 42.6 Å². The SMILES string of the molecule is Nc1ccc2[nH]cc(C=C3C(=O)Nc4ccc(O)cc43)c2c1. The number of aromatic hydroxyl groups is 1. The van der Waals surface area contributed by atoms with Gasteiger partial charge in [-0.3, -0.25) is 4.79 Å². The number of fused-ring (bicyclic) bond motifs is 2. The Labute approximate surface area is 126 Å². The third kappa shape index (κ3) is 1.83. The molecule has 1 aromatic heterocycles. The van der Waals surface area contributed by atoms with Gasteiger partial charge >= 0.3 is 0 Å². The molecule has 0 radical (unpaired) electrons. The number of benzene rings is 2. The van der Waals surface area contributed by atoms with E-state index in [0.29, 0.717) is 22.5 Å². The molecule has 2 aromatic carbocycles. The lowest BCUT2D eigenvalue weighted by atomic mass is 10.0. The average molecular weight is 291 g/mol. The molecule has 2 heterocycles. The maximum absolute atomic E-state index is 12.2. The molecule has 22 heavy (non-hydrogen) atoms. The van der Waals surface area contributed by atoms with Crippen LogP contribution in [0.2, 0.25) is 0 Å². The van der Waals surface area contributed by atoms with E-state index in [-0.39, 0.29) is 11.7 Å². The Morgan fingerprint density at radius 2 is 2.00 bits per heavy atom. The molecule has 0 unspecified atom stereocenters. The van der Waals surface area contributed by atoms with Gasteiger partial charge in [-0.2, -0.15) is 0 Å². The second kappa shape index (κ2) is 4.39. The molecular weight excluding hydrogens is 278 g/mol. The normalized spacial score (nSPS) is 15.3. The Kier molecular flexibility index (Phi) is 2.50. The molecule has 0 saturated heterocycles. The first-order valence-electron chi connectivity index (χ1n) is 6.85. The molecule has 5 nitrogen and oxygen atoms in total. The summed E-state index contributed by atoms with van der Waals surface area (Å²) in [6, 6.07) is 10.4. The highest BCUT2D eigenvalue weighted by Gasteiger charge is 2.24. The standard InChI is InChI=1S/C17H13N3O2/c18-10-1-3-15-12(6-10)9(8-19-15)5-14-13-7-11(21)2-4-16(13)20-17(14)22/h1-8,19,21H,18H2,(H,20,22). The van der Waals surface area contributed by atoms with Crippen LogP contribution in [0.4, 0.5) is 11.4 Å². The quantitative estimate of drug-likeness (QED) is 0.315. The maximum atomic E-state index is 12.2. The summed E-state index contributed by atoms with van der Waals surface area (Å²) < 4.78 is 0. The summed E-state index contributed by atoms with van der Waals surface area (Å²) in [5, 5.41) is 13.4. The molecule has 5 heteroatoms. The minimum Gasteiger partial charge on any atom is -0.508 e. The van der Waals surface area contributed by atoms with Crippen LogP contribution >= 0.6 is 0 Å². The number of aromatic amines is 1. The Balaban J connectivity index is 1.91. The van der Waals surface area contributed by atoms with Crippen LogP contribution in [0.5, 0.6) is 5.75 Å². The van der Waals surface area contributed by atoms with Crippen LogP contribution in [0.25, 0.3) is 22.6 Å². The average Bonchev–Trinajstić information content (AvgIpc) is 3.02. The summed E-state index contributed by atoms with van der Waals surface area (Å²) in [4.78, 5) is 15.3. The molecule has 1 amide bonds. The number of rotatable bonds is 1. The van der Waals surface area contributed by atoms with Crippen molar-refractivity contribution in [3.8, 4) is 5.75 Å². The molecule has 1 aliphatic rings. The second-order valence-electron chi connectivity index (χ2n) is 5.29. The van der Waals surface area contributed by atoms with E-state index in [1.165, 1.54) is 0 Å². The topological polar surface area (TPSA) is 91.1 Å². The molecule has 0 atom stereocenters. The van der Waals surface area contributed by atoms with Gasteiger partial charge in [-0.1, -0.05) is 0 Å². The zero-order chi connectivity index (χ0) is 15.3. The summed E-state index contributed by atoms with van der Waals surface area (Å²) in [7, 11) is 0. The molecule has 0 aliphatic carbocycles. The maximum Gasteiger partial charge on any atom is 0.256 e. The van der Waals surface area contributed by atoms with Gasteiger partial charge in [0.2, 0.25) is 0 Å². The van der Waals surface area contributed by atoms with Gasteiger partial charge in [0.15, 0.2) is 0 Å². The van der Waals surface area contributed by atoms with Gasteiger partial charge in [0.25, 0.3) is 5.91 Å². The van der Waals surface area contributed by atoms with Crippen LogP contribution in [0.3, 0.4) is 0 Å². The monoisotopic (exact) mass is 291 g/mol. The number of hydrogen-bond acceptors (Lipinski definition) is 3. The zero-order valence-electron chi connectivity index (χ0n) is 11.6. The van der Waals surface area contributed by atoms with E-state index in [1.54, 1.807) is 24.3 Å². The second-order valence-corrected chi connectivity index (χ2v) is 5.29. The fraction of sp³-hybridized carbons (Fsp3) is 0. The third-order valence-corrected chi connectivity index (χ3v) is 3.82. The Morgan fingerprint density at radius 1 is 1.14 bits per heavy atom. The van der Waals surface area contributed by atoms with Crippen molar-refractivity contribution in [2.45, 2.75) is 0 Å². The van der Waals surface area contributed by atoms with Crippen LogP contribution < -0.4 is 11.1 Å². The number of phenols is 1. The number of hydrogen-bond donors (Lipinski definition) is 4. The number of aromatic nitrogens is 1. The number of nitrogen functional groups attached to an aromatic ring is 1. The van der Waals surface area contributed by atoms with Crippen LogP contribution in [0, 0.1) is 0 Å². The van der Waals surface area contributed by atoms with Crippen LogP contribution in [-0.4, -0.2) is 16.0 Å². The van der Waals surface area contributed by atoms with Crippen molar-refractivity contribution in [3.05, 3.63) is 53.7 Å². The highest BCUT2D eigenvalue weighted by atomic mass is 16.3. The number of nitrogens with two attached hydrogens (primary N) is 1. The Bertz CT molecular complexity index is 954. The van der Waals surface area contributed by atoms with Gasteiger partial charge in [-0.25, -0.2) is 0 Å². The third-order valence-electron chi connectivity index (χ3n) is 3.82. The van der Waals surface area contributed by atoms with Gasteiger partial charge in [0, 0.05) is 45.2 Å². The van der Waals surface area contributed by atoms with Crippen molar-refractivity contribution in [2.75, 3.05) is 11.1 Å². The van der Waals surface area contributed by atoms with E-state index < -0.39 is 0 Å². The van der Waals surface area contributed by atoms with Crippen molar-refractivity contribution in [2.24, 2.45) is 0 Å². The Hall–Kier alpha value is -3.21. The van der Waals surface area contributed by atoms with Crippen LogP contribution in [0.1, 0.15) is 11.1 Å². The summed E-state index contributed by atoms with van der Waals surface area (Å²) >= 11 is 0. The van der Waals surface area contributed by atoms with Gasteiger partial charge in [-0.15, -0.1) is 0 Å². The number of anilines is 2. The van der Waals surface area contributed by atoms with Crippen molar-refractivity contribution in [1.29, 1.82) is 0 Å². The van der Waals surface area contributed by atoms with E-state index in [1.807, 2.05) is 24.4 Å². The van der Waals surface area contributed by atoms with Crippen molar-refractivity contribution in [3.63, 3.8) is 0 Å².